The Morgan fingerprint density at radius 1 is 1.32 bits per heavy atom. The maximum Gasteiger partial charge on any atom is 0.326 e. The molecule has 0 aliphatic heterocycles. The molecule has 19 heavy (non-hydrogen) atoms. The molecular formula is C15H22FNO2. The third kappa shape index (κ3) is 4.63. The van der Waals surface area contributed by atoms with Gasteiger partial charge in [-0.15, -0.1) is 0 Å². The molecule has 3 nitrogen and oxygen atoms in total. The van der Waals surface area contributed by atoms with Crippen molar-refractivity contribution in [1.82, 2.24) is 0 Å². The van der Waals surface area contributed by atoms with E-state index in [1.165, 1.54) is 6.07 Å². The van der Waals surface area contributed by atoms with Gasteiger partial charge in [0.25, 0.3) is 0 Å². The molecule has 106 valence electrons. The largest absolute Gasteiger partial charge is 0.459 e. The predicted octanol–water partition coefficient (Wildman–Crippen LogP) is 2.74. The van der Waals surface area contributed by atoms with Crippen molar-refractivity contribution < 1.29 is 13.9 Å². The van der Waals surface area contributed by atoms with Gasteiger partial charge in [0.2, 0.25) is 0 Å². The van der Waals surface area contributed by atoms with Gasteiger partial charge < -0.3 is 10.5 Å². The normalized spacial score (nSPS) is 14.9. The number of nitrogens with two attached hydrogens (primary N) is 1. The van der Waals surface area contributed by atoms with Gasteiger partial charge in [-0.25, -0.2) is 4.39 Å². The molecule has 0 aliphatic rings. The van der Waals surface area contributed by atoms with Crippen LogP contribution in [0.5, 0.6) is 0 Å². The molecule has 0 heterocycles. The summed E-state index contributed by atoms with van der Waals surface area (Å²) in [6.45, 7) is 8.68. The Morgan fingerprint density at radius 3 is 2.37 bits per heavy atom. The van der Waals surface area contributed by atoms with E-state index in [0.717, 1.165) is 5.56 Å². The van der Waals surface area contributed by atoms with Gasteiger partial charge in [-0.05, 0) is 51.8 Å². The fourth-order valence-electron chi connectivity index (χ4n) is 1.66. The monoisotopic (exact) mass is 267 g/mol. The smallest absolute Gasteiger partial charge is 0.326 e. The van der Waals surface area contributed by atoms with E-state index in [9.17, 15) is 9.18 Å². The van der Waals surface area contributed by atoms with Crippen molar-refractivity contribution in [1.29, 1.82) is 0 Å². The highest BCUT2D eigenvalue weighted by Gasteiger charge is 2.34. The minimum atomic E-state index is -1.25. The van der Waals surface area contributed by atoms with E-state index < -0.39 is 17.1 Å². The van der Waals surface area contributed by atoms with Crippen LogP contribution in [0.15, 0.2) is 18.2 Å². The van der Waals surface area contributed by atoms with Gasteiger partial charge >= 0.3 is 5.97 Å². The van der Waals surface area contributed by atoms with Crippen molar-refractivity contribution in [2.45, 2.75) is 52.2 Å². The van der Waals surface area contributed by atoms with E-state index in [1.807, 2.05) is 6.92 Å². The summed E-state index contributed by atoms with van der Waals surface area (Å²) in [5, 5.41) is 0. The van der Waals surface area contributed by atoms with Crippen molar-refractivity contribution in [2.75, 3.05) is 0 Å². The van der Waals surface area contributed by atoms with E-state index in [4.69, 9.17) is 10.5 Å². The molecule has 1 unspecified atom stereocenters. The summed E-state index contributed by atoms with van der Waals surface area (Å²) in [5.74, 6) is -0.875. The van der Waals surface area contributed by atoms with Crippen LogP contribution < -0.4 is 5.73 Å². The number of hydrogen-bond acceptors (Lipinski definition) is 3. The van der Waals surface area contributed by atoms with Crippen molar-refractivity contribution >= 4 is 5.97 Å². The van der Waals surface area contributed by atoms with Crippen LogP contribution in [0.1, 0.15) is 38.8 Å². The van der Waals surface area contributed by atoms with Gasteiger partial charge in [0, 0.05) is 6.42 Å². The average molecular weight is 267 g/mol. The zero-order chi connectivity index (χ0) is 14.8. The minimum Gasteiger partial charge on any atom is -0.459 e. The van der Waals surface area contributed by atoms with Gasteiger partial charge in [0.05, 0.1) is 0 Å². The molecule has 1 rings (SSSR count). The van der Waals surface area contributed by atoms with Crippen LogP contribution in [0, 0.1) is 12.7 Å². The molecular weight excluding hydrogens is 245 g/mol. The summed E-state index contributed by atoms with van der Waals surface area (Å²) in [5.41, 5.74) is 5.36. The lowest BCUT2D eigenvalue weighted by molar-refractivity contribution is -0.160. The Morgan fingerprint density at radius 2 is 1.89 bits per heavy atom. The Bertz CT molecular complexity index is 476. The van der Waals surface area contributed by atoms with Crippen LogP contribution >= 0.6 is 0 Å². The highest BCUT2D eigenvalue weighted by molar-refractivity contribution is 5.80. The SMILES string of the molecule is Cc1ccc(CC(C)(N)C(=O)OC(C)(C)C)c(F)c1. The van der Waals surface area contributed by atoms with Crippen LogP contribution in [0.3, 0.4) is 0 Å². The first kappa shape index (κ1) is 15.6. The summed E-state index contributed by atoms with van der Waals surface area (Å²) in [6, 6.07) is 4.88. The molecule has 0 saturated heterocycles. The lowest BCUT2D eigenvalue weighted by Gasteiger charge is -2.28. The summed E-state index contributed by atoms with van der Waals surface area (Å²) < 4.78 is 19.0. The summed E-state index contributed by atoms with van der Waals surface area (Å²) >= 11 is 0. The van der Waals surface area contributed by atoms with Crippen LogP contribution in [-0.4, -0.2) is 17.1 Å². The highest BCUT2D eigenvalue weighted by atomic mass is 19.1. The molecule has 0 bridgehead atoms. The van der Waals surface area contributed by atoms with Crippen molar-refractivity contribution in [3.63, 3.8) is 0 Å². The number of carbonyl (C=O) groups is 1. The van der Waals surface area contributed by atoms with Gasteiger partial charge in [-0.1, -0.05) is 12.1 Å². The fraction of sp³-hybridized carbons (Fsp3) is 0.533. The number of benzene rings is 1. The third-order valence-electron chi connectivity index (χ3n) is 2.63. The summed E-state index contributed by atoms with van der Waals surface area (Å²) in [7, 11) is 0. The molecule has 0 radical (unpaired) electrons. The molecule has 0 saturated carbocycles. The molecule has 2 N–H and O–H groups in total. The van der Waals surface area contributed by atoms with Gasteiger partial charge in [-0.2, -0.15) is 0 Å². The van der Waals surface area contributed by atoms with Crippen molar-refractivity contribution in [3.8, 4) is 0 Å². The van der Waals surface area contributed by atoms with E-state index in [-0.39, 0.29) is 12.2 Å². The second kappa shape index (κ2) is 5.29. The van der Waals surface area contributed by atoms with Crippen molar-refractivity contribution in [2.24, 2.45) is 5.73 Å². The average Bonchev–Trinajstić information content (AvgIpc) is 2.19. The van der Waals surface area contributed by atoms with Crippen LogP contribution in [0.25, 0.3) is 0 Å². The molecule has 0 spiro atoms. The molecule has 0 aromatic heterocycles. The fourth-order valence-corrected chi connectivity index (χ4v) is 1.66. The second-order valence-corrected chi connectivity index (χ2v) is 6.19. The maximum absolute atomic E-state index is 13.8. The molecule has 0 amide bonds. The van der Waals surface area contributed by atoms with Crippen LogP contribution in [0.4, 0.5) is 4.39 Å². The second-order valence-electron chi connectivity index (χ2n) is 6.19. The Kier molecular flexibility index (Phi) is 4.35. The number of halogens is 1. The molecule has 1 atom stereocenters. The predicted molar refractivity (Wildman–Crippen MR) is 73.3 cm³/mol. The standard InChI is InChI=1S/C15H22FNO2/c1-10-6-7-11(12(16)8-10)9-15(5,17)13(18)19-14(2,3)4/h6-8H,9,17H2,1-5H3. The maximum atomic E-state index is 13.8. The summed E-state index contributed by atoms with van der Waals surface area (Å²) in [4.78, 5) is 12.0. The molecule has 1 aromatic rings. The van der Waals surface area contributed by atoms with E-state index in [0.29, 0.717) is 5.56 Å². The van der Waals surface area contributed by atoms with Crippen LogP contribution in [-0.2, 0) is 16.0 Å². The van der Waals surface area contributed by atoms with Gasteiger partial charge in [0.1, 0.15) is 17.0 Å². The van der Waals surface area contributed by atoms with Gasteiger partial charge in [0.15, 0.2) is 0 Å². The Balaban J connectivity index is 2.87. The Hall–Kier alpha value is -1.42. The van der Waals surface area contributed by atoms with Crippen LogP contribution in [0.2, 0.25) is 0 Å². The first-order chi connectivity index (χ1) is 8.51. The molecule has 0 fully saturated rings. The number of hydrogen-bond donors (Lipinski definition) is 1. The molecule has 4 heteroatoms. The zero-order valence-corrected chi connectivity index (χ0v) is 12.2. The van der Waals surface area contributed by atoms with E-state index >= 15 is 0 Å². The topological polar surface area (TPSA) is 52.3 Å². The number of aryl methyl sites for hydroxylation is 1. The molecule has 0 aliphatic carbocycles. The quantitative estimate of drug-likeness (QED) is 0.857. The number of carbonyl (C=O) groups excluding carboxylic acids is 1. The Labute approximate surface area is 113 Å². The number of esters is 1. The van der Waals surface area contributed by atoms with Crippen molar-refractivity contribution in [3.05, 3.63) is 35.1 Å². The first-order valence-corrected chi connectivity index (χ1v) is 6.29. The minimum absolute atomic E-state index is 0.105. The van der Waals surface area contributed by atoms with E-state index in [2.05, 4.69) is 0 Å². The third-order valence-corrected chi connectivity index (χ3v) is 2.63. The first-order valence-electron chi connectivity index (χ1n) is 6.29. The zero-order valence-electron chi connectivity index (χ0n) is 12.2. The lowest BCUT2D eigenvalue weighted by atomic mass is 9.93. The highest BCUT2D eigenvalue weighted by Crippen LogP contribution is 2.19. The number of ether oxygens (including phenoxy) is 1. The van der Waals surface area contributed by atoms with E-state index in [1.54, 1.807) is 39.8 Å². The summed E-state index contributed by atoms with van der Waals surface area (Å²) in [6.07, 6.45) is 0.105. The number of rotatable bonds is 3. The van der Waals surface area contributed by atoms with Gasteiger partial charge in [-0.3, -0.25) is 4.79 Å². The lowest BCUT2D eigenvalue weighted by Crippen LogP contribution is -2.50. The molecule has 1 aromatic carbocycles.